The summed E-state index contributed by atoms with van der Waals surface area (Å²) in [6.07, 6.45) is 2.09. The average molecular weight is 484 g/mol. The maximum Gasteiger partial charge on any atom is 0.341 e. The quantitative estimate of drug-likeness (QED) is 0.417. The van der Waals surface area contributed by atoms with Crippen LogP contribution in [0.5, 0.6) is 0 Å². The molecule has 4 rings (SSSR count). The van der Waals surface area contributed by atoms with Crippen LogP contribution in [0.4, 0.5) is 5.00 Å². The molecule has 0 radical (unpaired) electrons. The molecule has 3 aromatic rings. The topological polar surface area (TPSA) is 62.6 Å². The molecule has 0 aliphatic carbocycles. The van der Waals surface area contributed by atoms with Crippen molar-refractivity contribution < 1.29 is 9.53 Å². The van der Waals surface area contributed by atoms with Crippen LogP contribution in [0, 0.1) is 6.92 Å². The van der Waals surface area contributed by atoms with Crippen molar-refractivity contribution >= 4 is 39.6 Å². The van der Waals surface area contributed by atoms with Gasteiger partial charge in [0.15, 0.2) is 5.11 Å². The number of ether oxygens (including phenoxy) is 1. The summed E-state index contributed by atoms with van der Waals surface area (Å²) in [6.45, 7) is 8.58. The van der Waals surface area contributed by atoms with Crippen LogP contribution in [-0.4, -0.2) is 63.4 Å². The second-order valence-electron chi connectivity index (χ2n) is 8.05. The fourth-order valence-corrected chi connectivity index (χ4v) is 5.32. The largest absolute Gasteiger partial charge is 0.462 e. The fraction of sp³-hybridized carbons (Fsp3) is 0.375. The number of thiocarbonyl (C=S) groups is 1. The highest BCUT2D eigenvalue weighted by atomic mass is 32.1. The molecule has 7 nitrogen and oxygen atoms in total. The zero-order valence-electron chi connectivity index (χ0n) is 19.2. The van der Waals surface area contributed by atoms with E-state index in [2.05, 4.69) is 33.3 Å². The van der Waals surface area contributed by atoms with E-state index in [0.29, 0.717) is 17.3 Å². The Bertz CT molecular complexity index is 1120. The van der Waals surface area contributed by atoms with Gasteiger partial charge in [0.05, 0.1) is 17.9 Å². The van der Waals surface area contributed by atoms with Crippen molar-refractivity contribution in [2.75, 3.05) is 38.1 Å². The minimum absolute atomic E-state index is 0.331. The molecule has 33 heavy (non-hydrogen) atoms. The van der Waals surface area contributed by atoms with Crippen molar-refractivity contribution in [1.82, 2.24) is 19.6 Å². The molecule has 0 saturated carbocycles. The molecule has 0 amide bonds. The summed E-state index contributed by atoms with van der Waals surface area (Å²) < 4.78 is 7.15. The average Bonchev–Trinajstić information content (AvgIpc) is 3.37. The summed E-state index contributed by atoms with van der Waals surface area (Å²) in [5, 5.41) is 9.13. The van der Waals surface area contributed by atoms with Crippen LogP contribution in [0.3, 0.4) is 0 Å². The first kappa shape index (κ1) is 23.4. The number of piperazine rings is 1. The lowest BCUT2D eigenvalue weighted by Gasteiger charge is -2.36. The second-order valence-corrected chi connectivity index (χ2v) is 9.49. The van der Waals surface area contributed by atoms with Crippen molar-refractivity contribution in [3.05, 3.63) is 59.4 Å². The van der Waals surface area contributed by atoms with E-state index >= 15 is 0 Å². The monoisotopic (exact) mass is 483 g/mol. The smallest absolute Gasteiger partial charge is 0.341 e. The Hall–Kier alpha value is -2.75. The molecule has 2 aromatic heterocycles. The van der Waals surface area contributed by atoms with Crippen molar-refractivity contribution in [3.63, 3.8) is 0 Å². The first-order valence-corrected chi connectivity index (χ1v) is 12.3. The molecule has 9 heteroatoms. The van der Waals surface area contributed by atoms with E-state index in [1.807, 2.05) is 55.1 Å². The lowest BCUT2D eigenvalue weighted by atomic mass is 10.1. The molecular weight excluding hydrogens is 454 g/mol. The Morgan fingerprint density at radius 3 is 2.58 bits per heavy atom. The number of thiophene rings is 1. The minimum Gasteiger partial charge on any atom is -0.462 e. The summed E-state index contributed by atoms with van der Waals surface area (Å²) >= 11 is 7.24. The molecule has 0 atom stereocenters. The SMILES string of the molecule is CCOC(=O)c1cc(-c2ccccc2)sc1NC(=S)N1CCN(Cc2cn(C)nc2C)CC1. The Kier molecular flexibility index (Phi) is 7.42. The van der Waals surface area contributed by atoms with Crippen LogP contribution in [0.2, 0.25) is 0 Å². The molecule has 1 fully saturated rings. The summed E-state index contributed by atoms with van der Waals surface area (Å²) in [4.78, 5) is 18.2. The van der Waals surface area contributed by atoms with Gasteiger partial charge in [-0.1, -0.05) is 30.3 Å². The molecule has 1 aliphatic heterocycles. The molecule has 0 unspecified atom stereocenters. The summed E-state index contributed by atoms with van der Waals surface area (Å²) in [6, 6.07) is 11.9. The van der Waals surface area contributed by atoms with E-state index in [4.69, 9.17) is 17.0 Å². The number of nitrogens with zero attached hydrogens (tertiary/aromatic N) is 4. The van der Waals surface area contributed by atoms with Gasteiger partial charge in [0.2, 0.25) is 0 Å². The maximum absolute atomic E-state index is 12.6. The lowest BCUT2D eigenvalue weighted by molar-refractivity contribution is 0.0528. The number of hydrogen-bond donors (Lipinski definition) is 1. The molecule has 0 bridgehead atoms. The van der Waals surface area contributed by atoms with E-state index in [1.54, 1.807) is 0 Å². The number of carbonyl (C=O) groups is 1. The predicted octanol–water partition coefficient (Wildman–Crippen LogP) is 4.15. The van der Waals surface area contributed by atoms with Gasteiger partial charge in [0.25, 0.3) is 0 Å². The number of carbonyl (C=O) groups excluding carboxylic acids is 1. The van der Waals surface area contributed by atoms with Crippen LogP contribution in [0.1, 0.15) is 28.5 Å². The van der Waals surface area contributed by atoms with Gasteiger partial charge in [0.1, 0.15) is 5.00 Å². The van der Waals surface area contributed by atoms with E-state index < -0.39 is 0 Å². The van der Waals surface area contributed by atoms with Crippen LogP contribution < -0.4 is 5.32 Å². The lowest BCUT2D eigenvalue weighted by Crippen LogP contribution is -2.49. The molecular formula is C24H29N5O2S2. The number of nitrogens with one attached hydrogen (secondary N) is 1. The Balaban J connectivity index is 1.42. The molecule has 1 N–H and O–H groups in total. The molecule has 3 heterocycles. The zero-order valence-corrected chi connectivity index (χ0v) is 20.8. The number of aromatic nitrogens is 2. The summed E-state index contributed by atoms with van der Waals surface area (Å²) in [5.41, 5.74) is 3.92. The third kappa shape index (κ3) is 5.61. The van der Waals surface area contributed by atoms with Gasteiger partial charge in [-0.05, 0) is 37.7 Å². The summed E-state index contributed by atoms with van der Waals surface area (Å²) in [5.74, 6) is -0.335. The highest BCUT2D eigenvalue weighted by Gasteiger charge is 2.23. The van der Waals surface area contributed by atoms with Crippen molar-refractivity contribution in [3.8, 4) is 10.4 Å². The normalized spacial score (nSPS) is 14.3. The van der Waals surface area contributed by atoms with Crippen molar-refractivity contribution in [1.29, 1.82) is 0 Å². The van der Waals surface area contributed by atoms with Crippen molar-refractivity contribution in [2.24, 2.45) is 7.05 Å². The highest BCUT2D eigenvalue weighted by Crippen LogP contribution is 2.36. The third-order valence-electron chi connectivity index (χ3n) is 5.67. The summed E-state index contributed by atoms with van der Waals surface area (Å²) in [7, 11) is 1.96. The molecule has 174 valence electrons. The highest BCUT2D eigenvalue weighted by molar-refractivity contribution is 7.80. The van der Waals surface area contributed by atoms with Gasteiger partial charge < -0.3 is 15.0 Å². The second kappa shape index (κ2) is 10.5. The Morgan fingerprint density at radius 2 is 1.94 bits per heavy atom. The number of rotatable bonds is 6. The zero-order chi connectivity index (χ0) is 23.4. The Morgan fingerprint density at radius 1 is 1.21 bits per heavy atom. The number of aryl methyl sites for hydroxylation is 2. The fourth-order valence-electron chi connectivity index (χ4n) is 3.92. The number of benzene rings is 1. The molecule has 1 saturated heterocycles. The minimum atomic E-state index is -0.335. The van der Waals surface area contributed by atoms with Crippen LogP contribution in [-0.2, 0) is 18.3 Å². The van der Waals surface area contributed by atoms with Gasteiger partial charge in [-0.15, -0.1) is 11.3 Å². The number of hydrogen-bond acceptors (Lipinski definition) is 6. The molecule has 1 aliphatic rings. The van der Waals surface area contributed by atoms with E-state index in [9.17, 15) is 4.79 Å². The van der Waals surface area contributed by atoms with Crippen LogP contribution in [0.15, 0.2) is 42.6 Å². The first-order valence-electron chi connectivity index (χ1n) is 11.1. The number of anilines is 1. The van der Waals surface area contributed by atoms with Gasteiger partial charge in [0, 0.05) is 56.4 Å². The van der Waals surface area contributed by atoms with Crippen LogP contribution in [0.25, 0.3) is 10.4 Å². The standard InChI is InChI=1S/C24H29N5O2S2/c1-4-31-23(30)20-14-21(18-8-6-5-7-9-18)33-22(20)25-24(32)29-12-10-28(11-13-29)16-19-15-27(3)26-17(19)2/h5-9,14-15H,4,10-13,16H2,1-3H3,(H,25,32). The third-order valence-corrected chi connectivity index (χ3v) is 7.13. The Labute approximate surface area is 204 Å². The molecule has 0 spiro atoms. The maximum atomic E-state index is 12.6. The van der Waals surface area contributed by atoms with E-state index in [1.165, 1.54) is 16.9 Å². The molecule has 1 aromatic carbocycles. The van der Waals surface area contributed by atoms with Gasteiger partial charge in [-0.25, -0.2) is 4.79 Å². The predicted molar refractivity (Wildman–Crippen MR) is 137 cm³/mol. The van der Waals surface area contributed by atoms with E-state index in [0.717, 1.165) is 53.9 Å². The van der Waals surface area contributed by atoms with Crippen molar-refractivity contribution in [2.45, 2.75) is 20.4 Å². The van der Waals surface area contributed by atoms with Gasteiger partial charge >= 0.3 is 5.97 Å². The number of esters is 1. The first-order chi connectivity index (χ1) is 15.9. The van der Waals surface area contributed by atoms with Gasteiger partial charge in [-0.3, -0.25) is 9.58 Å². The van der Waals surface area contributed by atoms with E-state index in [-0.39, 0.29) is 5.97 Å². The van der Waals surface area contributed by atoms with Gasteiger partial charge in [-0.2, -0.15) is 5.10 Å². The van der Waals surface area contributed by atoms with Crippen LogP contribution >= 0.6 is 23.6 Å².